The van der Waals surface area contributed by atoms with Crippen LogP contribution in [0.1, 0.15) is 37.9 Å². The summed E-state index contributed by atoms with van der Waals surface area (Å²) >= 11 is 0. The number of hydrogen-bond donors (Lipinski definition) is 1. The van der Waals surface area contributed by atoms with Gasteiger partial charge in [-0.3, -0.25) is 10.1 Å². The lowest BCUT2D eigenvalue weighted by Crippen LogP contribution is -2.34. The molecule has 1 aromatic carbocycles. The monoisotopic (exact) mass is 242 g/mol. The average Bonchev–Trinajstić information content (AvgIpc) is 3.27. The topological polar surface area (TPSA) is 32.3 Å². The van der Waals surface area contributed by atoms with Crippen molar-refractivity contribution in [2.75, 3.05) is 0 Å². The van der Waals surface area contributed by atoms with E-state index in [0.29, 0.717) is 17.9 Å². The quantitative estimate of drug-likeness (QED) is 0.861. The van der Waals surface area contributed by atoms with Gasteiger partial charge in [0, 0.05) is 6.04 Å². The highest BCUT2D eigenvalue weighted by atomic mass is 16.2. The van der Waals surface area contributed by atoms with Crippen LogP contribution in [0.3, 0.4) is 0 Å². The molecule has 0 radical (unpaired) electrons. The molecule has 2 saturated carbocycles. The Morgan fingerprint density at radius 3 is 2.50 bits per heavy atom. The molecule has 0 bridgehead atoms. The predicted molar refractivity (Wildman–Crippen MR) is 68.7 cm³/mol. The fourth-order valence-corrected chi connectivity index (χ4v) is 3.15. The Balaban J connectivity index is 1.70. The molecule has 0 aromatic heterocycles. The van der Waals surface area contributed by atoms with Crippen LogP contribution in [0.25, 0.3) is 0 Å². The third-order valence-corrected chi connectivity index (χ3v) is 4.62. The number of carbonyl (C=O) groups is 1. The Kier molecular flexibility index (Phi) is 1.97. The largest absolute Gasteiger partial charge is 0.318 e. The van der Waals surface area contributed by atoms with Crippen molar-refractivity contribution in [3.05, 3.63) is 35.9 Å². The molecule has 3 unspecified atom stereocenters. The highest BCUT2D eigenvalue weighted by molar-refractivity contribution is 5.92. The van der Waals surface area contributed by atoms with E-state index in [1.54, 1.807) is 0 Å². The molecule has 18 heavy (non-hydrogen) atoms. The molecule has 3 nitrogen and oxygen atoms in total. The SMILES string of the molecule is CC1CC1N1C(=O)C2(CC2)NC1c1ccccc1. The third kappa shape index (κ3) is 1.37. The van der Waals surface area contributed by atoms with Crippen molar-refractivity contribution in [1.29, 1.82) is 0 Å². The van der Waals surface area contributed by atoms with Crippen molar-refractivity contribution in [3.8, 4) is 0 Å². The van der Waals surface area contributed by atoms with Crippen LogP contribution in [0.2, 0.25) is 0 Å². The highest BCUT2D eigenvalue weighted by Crippen LogP contribution is 2.51. The summed E-state index contributed by atoms with van der Waals surface area (Å²) in [5.74, 6) is 1.00. The van der Waals surface area contributed by atoms with E-state index in [4.69, 9.17) is 0 Å². The Morgan fingerprint density at radius 1 is 1.28 bits per heavy atom. The molecule has 1 amide bonds. The molecule has 1 aliphatic heterocycles. The van der Waals surface area contributed by atoms with Crippen LogP contribution in [0.15, 0.2) is 30.3 Å². The molecular weight excluding hydrogens is 224 g/mol. The number of nitrogens with one attached hydrogen (secondary N) is 1. The van der Waals surface area contributed by atoms with Gasteiger partial charge in [0.15, 0.2) is 0 Å². The second kappa shape index (κ2) is 3.35. The first kappa shape index (κ1) is 10.6. The van der Waals surface area contributed by atoms with Crippen molar-refractivity contribution in [1.82, 2.24) is 10.2 Å². The second-order valence-electron chi connectivity index (χ2n) is 6.03. The van der Waals surface area contributed by atoms with E-state index in [2.05, 4.69) is 29.3 Å². The van der Waals surface area contributed by atoms with Gasteiger partial charge in [-0.05, 0) is 30.7 Å². The molecule has 1 saturated heterocycles. The lowest BCUT2D eigenvalue weighted by atomic mass is 10.1. The molecule has 2 aliphatic carbocycles. The first-order valence-corrected chi connectivity index (χ1v) is 6.87. The Morgan fingerprint density at radius 2 is 1.94 bits per heavy atom. The first-order valence-electron chi connectivity index (χ1n) is 6.87. The summed E-state index contributed by atoms with van der Waals surface area (Å²) in [5, 5.41) is 3.58. The number of carbonyl (C=O) groups excluding carboxylic acids is 1. The van der Waals surface area contributed by atoms with Gasteiger partial charge in [-0.25, -0.2) is 0 Å². The van der Waals surface area contributed by atoms with Gasteiger partial charge in [0.2, 0.25) is 5.91 Å². The lowest BCUT2D eigenvalue weighted by molar-refractivity contribution is -0.131. The van der Waals surface area contributed by atoms with Crippen LogP contribution in [0.5, 0.6) is 0 Å². The average molecular weight is 242 g/mol. The Labute approximate surface area is 107 Å². The summed E-state index contributed by atoms with van der Waals surface area (Å²) in [7, 11) is 0. The van der Waals surface area contributed by atoms with E-state index in [1.165, 1.54) is 5.56 Å². The van der Waals surface area contributed by atoms with Gasteiger partial charge in [0.25, 0.3) is 0 Å². The maximum Gasteiger partial charge on any atom is 0.244 e. The maximum absolute atomic E-state index is 12.6. The molecule has 1 N–H and O–H groups in total. The minimum atomic E-state index is -0.206. The minimum Gasteiger partial charge on any atom is -0.318 e. The lowest BCUT2D eigenvalue weighted by Gasteiger charge is -2.24. The van der Waals surface area contributed by atoms with E-state index < -0.39 is 0 Å². The van der Waals surface area contributed by atoms with E-state index in [9.17, 15) is 4.79 Å². The van der Waals surface area contributed by atoms with Crippen molar-refractivity contribution < 1.29 is 4.79 Å². The number of benzene rings is 1. The number of rotatable bonds is 2. The molecule has 3 atom stereocenters. The van der Waals surface area contributed by atoms with Gasteiger partial charge >= 0.3 is 0 Å². The summed E-state index contributed by atoms with van der Waals surface area (Å²) in [6.07, 6.45) is 3.27. The fraction of sp³-hybridized carbons (Fsp3) is 0.533. The van der Waals surface area contributed by atoms with Gasteiger partial charge < -0.3 is 4.90 Å². The number of nitrogens with zero attached hydrogens (tertiary/aromatic N) is 1. The van der Waals surface area contributed by atoms with Crippen molar-refractivity contribution in [2.24, 2.45) is 5.92 Å². The van der Waals surface area contributed by atoms with Crippen LogP contribution < -0.4 is 5.32 Å². The Hall–Kier alpha value is -1.35. The molecule has 94 valence electrons. The fourth-order valence-electron chi connectivity index (χ4n) is 3.15. The summed E-state index contributed by atoms with van der Waals surface area (Å²) in [6, 6.07) is 10.8. The zero-order valence-electron chi connectivity index (χ0n) is 10.6. The van der Waals surface area contributed by atoms with Gasteiger partial charge in [0.05, 0.1) is 0 Å². The predicted octanol–water partition coefficient (Wildman–Crippen LogP) is 2.06. The molecule has 1 aromatic rings. The molecule has 1 spiro atoms. The van der Waals surface area contributed by atoms with Crippen LogP contribution in [0.4, 0.5) is 0 Å². The molecule has 3 fully saturated rings. The standard InChI is InChI=1S/C15H18N2O/c1-10-9-12(10)17-13(11-5-3-2-4-6-11)16-15(7-8-15)14(17)18/h2-6,10,12-13,16H,7-9H2,1H3. The van der Waals surface area contributed by atoms with Crippen LogP contribution >= 0.6 is 0 Å². The van der Waals surface area contributed by atoms with Gasteiger partial charge in [-0.15, -0.1) is 0 Å². The smallest absolute Gasteiger partial charge is 0.244 e. The van der Waals surface area contributed by atoms with Crippen LogP contribution in [0, 0.1) is 5.92 Å². The summed E-state index contributed by atoms with van der Waals surface area (Å²) in [4.78, 5) is 14.7. The molecular formula is C15H18N2O. The molecule has 3 heteroatoms. The third-order valence-electron chi connectivity index (χ3n) is 4.62. The summed E-state index contributed by atoms with van der Waals surface area (Å²) in [6.45, 7) is 2.23. The van der Waals surface area contributed by atoms with Crippen LogP contribution in [-0.2, 0) is 4.79 Å². The first-order chi connectivity index (χ1) is 8.71. The number of amides is 1. The minimum absolute atomic E-state index is 0.0937. The summed E-state index contributed by atoms with van der Waals surface area (Å²) < 4.78 is 0. The van der Waals surface area contributed by atoms with E-state index in [-0.39, 0.29) is 11.7 Å². The molecule has 4 rings (SSSR count). The van der Waals surface area contributed by atoms with E-state index in [0.717, 1.165) is 19.3 Å². The van der Waals surface area contributed by atoms with Crippen molar-refractivity contribution in [3.63, 3.8) is 0 Å². The number of hydrogen-bond acceptors (Lipinski definition) is 2. The maximum atomic E-state index is 12.6. The van der Waals surface area contributed by atoms with Crippen molar-refractivity contribution >= 4 is 5.91 Å². The zero-order valence-corrected chi connectivity index (χ0v) is 10.6. The second-order valence-corrected chi connectivity index (χ2v) is 6.03. The van der Waals surface area contributed by atoms with E-state index in [1.807, 2.05) is 18.2 Å². The van der Waals surface area contributed by atoms with Gasteiger partial charge in [-0.2, -0.15) is 0 Å². The zero-order chi connectivity index (χ0) is 12.3. The molecule has 1 heterocycles. The molecule has 3 aliphatic rings. The van der Waals surface area contributed by atoms with Crippen LogP contribution in [-0.4, -0.2) is 22.4 Å². The van der Waals surface area contributed by atoms with Gasteiger partial charge in [0.1, 0.15) is 11.7 Å². The Bertz CT molecular complexity index is 494. The normalized spacial score (nSPS) is 36.2. The van der Waals surface area contributed by atoms with Crippen molar-refractivity contribution in [2.45, 2.75) is 43.9 Å². The highest BCUT2D eigenvalue weighted by Gasteiger charge is 2.62. The van der Waals surface area contributed by atoms with E-state index >= 15 is 0 Å². The summed E-state index contributed by atoms with van der Waals surface area (Å²) in [5.41, 5.74) is 1.01. The van der Waals surface area contributed by atoms with Gasteiger partial charge in [-0.1, -0.05) is 37.3 Å².